The van der Waals surface area contributed by atoms with E-state index in [1.54, 1.807) is 14.0 Å². The second kappa shape index (κ2) is 12.7. The molecule has 0 fully saturated rings. The summed E-state index contributed by atoms with van der Waals surface area (Å²) in [5, 5.41) is 7.89. The van der Waals surface area contributed by atoms with E-state index in [0.717, 1.165) is 28.5 Å². The number of amides is 1. The maximum absolute atomic E-state index is 12.3. The van der Waals surface area contributed by atoms with Crippen LogP contribution < -0.4 is 26.6 Å². The van der Waals surface area contributed by atoms with E-state index in [-0.39, 0.29) is 23.9 Å². The molecular formula is C17H24F3N6O4S+. The number of quaternary nitrogens is 1. The minimum Gasteiger partial charge on any atom is -0.458 e. The number of nitrogens with zero attached hydrogens (tertiary/aromatic N) is 2. The quantitative estimate of drug-likeness (QED) is 0.0771. The van der Waals surface area contributed by atoms with Crippen LogP contribution >= 0.6 is 11.9 Å². The summed E-state index contributed by atoms with van der Waals surface area (Å²) in [5.41, 5.74) is 2.98. The first-order valence-electron chi connectivity index (χ1n) is 8.87. The van der Waals surface area contributed by atoms with Crippen molar-refractivity contribution in [2.45, 2.75) is 19.7 Å². The van der Waals surface area contributed by atoms with Gasteiger partial charge >= 0.3 is 12.3 Å². The van der Waals surface area contributed by atoms with Gasteiger partial charge in [-0.15, -0.1) is 13.2 Å². The van der Waals surface area contributed by atoms with Crippen LogP contribution in [0.1, 0.15) is 12.5 Å². The number of hydrogen-bond donors (Lipinski definition) is 4. The first-order chi connectivity index (χ1) is 14.6. The number of benzene rings is 1. The van der Waals surface area contributed by atoms with Crippen LogP contribution in [0.2, 0.25) is 0 Å². The zero-order valence-corrected chi connectivity index (χ0v) is 17.8. The Morgan fingerprint density at radius 2 is 2.10 bits per heavy atom. The summed E-state index contributed by atoms with van der Waals surface area (Å²) in [6.07, 6.45) is -3.78. The molecule has 1 aromatic carbocycles. The molecule has 0 saturated carbocycles. The fraction of sp³-hybridized carbons (Fsp3) is 0.353. The van der Waals surface area contributed by atoms with Crippen LogP contribution in [0, 0.1) is 0 Å². The van der Waals surface area contributed by atoms with Gasteiger partial charge in [0.25, 0.3) is 0 Å². The van der Waals surface area contributed by atoms with Crippen molar-refractivity contribution in [1.29, 1.82) is 0 Å². The van der Waals surface area contributed by atoms with Crippen LogP contribution in [-0.4, -0.2) is 48.5 Å². The number of nitrogens with two attached hydrogens (primary N) is 2. The van der Waals surface area contributed by atoms with Crippen molar-refractivity contribution in [2.24, 2.45) is 10.9 Å². The number of halogens is 3. The molecule has 0 aromatic heterocycles. The molecule has 1 aromatic rings. The Kier molecular flexibility index (Phi) is 10.6. The van der Waals surface area contributed by atoms with E-state index in [0.29, 0.717) is 5.56 Å². The van der Waals surface area contributed by atoms with Crippen molar-refractivity contribution < 1.29 is 37.6 Å². The van der Waals surface area contributed by atoms with E-state index in [2.05, 4.69) is 20.6 Å². The molecule has 0 aliphatic carbocycles. The van der Waals surface area contributed by atoms with Gasteiger partial charge in [0.05, 0.1) is 26.3 Å². The number of alkyl halides is 3. The van der Waals surface area contributed by atoms with Gasteiger partial charge in [-0.3, -0.25) is 4.79 Å². The molecule has 14 heteroatoms. The van der Waals surface area contributed by atoms with Crippen LogP contribution in [0.15, 0.2) is 41.3 Å². The molecule has 0 saturated heterocycles. The number of hydrogen-bond acceptors (Lipinski definition) is 9. The van der Waals surface area contributed by atoms with Crippen molar-refractivity contribution in [2.75, 3.05) is 20.7 Å². The van der Waals surface area contributed by atoms with Crippen LogP contribution in [-0.2, 0) is 20.7 Å². The number of carbonyl (C=O) groups is 2. The van der Waals surface area contributed by atoms with Gasteiger partial charge in [-0.1, -0.05) is 12.1 Å². The summed E-state index contributed by atoms with van der Waals surface area (Å²) in [4.78, 5) is 24.1. The smallest absolute Gasteiger partial charge is 0.458 e. The van der Waals surface area contributed by atoms with Crippen LogP contribution in [0.5, 0.6) is 5.75 Å². The van der Waals surface area contributed by atoms with E-state index < -0.39 is 24.0 Å². The first-order valence-corrected chi connectivity index (χ1v) is 9.64. The van der Waals surface area contributed by atoms with Crippen molar-refractivity contribution in [3.63, 3.8) is 0 Å². The van der Waals surface area contributed by atoms with Gasteiger partial charge in [0.2, 0.25) is 16.8 Å². The molecule has 0 atom stereocenters. The Bertz CT molecular complexity index is 819. The SMILES string of the molecule is CCOC(=O)C(=CN(N)SC(=NNC)NC(=O)Cc1cccc(OC(F)(F)F)c1)[NH2+]C. The molecule has 1 amide bonds. The second-order valence-electron chi connectivity index (χ2n) is 5.61. The lowest BCUT2D eigenvalue weighted by Gasteiger charge is -2.15. The highest BCUT2D eigenvalue weighted by Gasteiger charge is 2.31. The number of rotatable bonds is 9. The molecule has 0 bridgehead atoms. The van der Waals surface area contributed by atoms with Crippen LogP contribution in [0.4, 0.5) is 13.2 Å². The summed E-state index contributed by atoms with van der Waals surface area (Å²) >= 11 is 0.787. The Morgan fingerprint density at radius 1 is 1.39 bits per heavy atom. The second-order valence-corrected chi connectivity index (χ2v) is 6.60. The van der Waals surface area contributed by atoms with Crippen LogP contribution in [0.25, 0.3) is 0 Å². The summed E-state index contributed by atoms with van der Waals surface area (Å²) in [6.45, 7) is 1.86. The predicted octanol–water partition coefficient (Wildman–Crippen LogP) is 0.156. The Balaban J connectivity index is 2.79. The number of hydrazone groups is 1. The van der Waals surface area contributed by atoms with Gasteiger partial charge in [-0.2, -0.15) is 5.10 Å². The Labute approximate surface area is 181 Å². The molecule has 0 unspecified atom stereocenters. The fourth-order valence-corrected chi connectivity index (χ4v) is 2.75. The average molecular weight is 465 g/mol. The first kappa shape index (κ1) is 26.1. The third-order valence-corrected chi connectivity index (χ3v) is 3.92. The number of carbonyl (C=O) groups excluding carboxylic acids is 2. The highest BCUT2D eigenvalue weighted by Crippen LogP contribution is 2.23. The van der Waals surface area contributed by atoms with Crippen molar-refractivity contribution in [3.05, 3.63) is 41.7 Å². The molecule has 0 spiro atoms. The van der Waals surface area contributed by atoms with Gasteiger partial charge in [-0.25, -0.2) is 15.1 Å². The minimum atomic E-state index is -4.83. The number of hydrazine groups is 1. The van der Waals surface area contributed by atoms with E-state index in [1.807, 2.05) is 0 Å². The molecule has 0 radical (unpaired) electrons. The van der Waals surface area contributed by atoms with Gasteiger partial charge in [0.1, 0.15) is 5.75 Å². The molecular weight excluding hydrogens is 441 g/mol. The van der Waals surface area contributed by atoms with Crippen LogP contribution in [0.3, 0.4) is 0 Å². The average Bonchev–Trinajstić information content (AvgIpc) is 2.65. The molecule has 0 aliphatic heterocycles. The Hall–Kier alpha value is -2.97. The lowest BCUT2D eigenvalue weighted by molar-refractivity contribution is -0.572. The maximum Gasteiger partial charge on any atom is 0.573 e. The molecule has 172 valence electrons. The summed E-state index contributed by atoms with van der Waals surface area (Å²) in [5.74, 6) is 4.27. The molecule has 6 N–H and O–H groups in total. The third kappa shape index (κ3) is 10.6. The van der Waals surface area contributed by atoms with Crippen molar-refractivity contribution in [1.82, 2.24) is 15.2 Å². The Morgan fingerprint density at radius 3 is 2.68 bits per heavy atom. The maximum atomic E-state index is 12.3. The predicted molar refractivity (Wildman–Crippen MR) is 108 cm³/mol. The van der Waals surface area contributed by atoms with Gasteiger partial charge in [0.15, 0.2) is 0 Å². The van der Waals surface area contributed by atoms with Crippen molar-refractivity contribution in [3.8, 4) is 5.75 Å². The van der Waals surface area contributed by atoms with E-state index in [1.165, 1.54) is 30.7 Å². The van der Waals surface area contributed by atoms with Gasteiger partial charge in [0, 0.05) is 19.0 Å². The largest absolute Gasteiger partial charge is 0.573 e. The topological polar surface area (TPSA) is 135 Å². The van der Waals surface area contributed by atoms with E-state index in [4.69, 9.17) is 10.6 Å². The molecule has 31 heavy (non-hydrogen) atoms. The summed E-state index contributed by atoms with van der Waals surface area (Å²) in [7, 11) is 3.12. The number of ether oxygens (including phenoxy) is 2. The van der Waals surface area contributed by atoms with Gasteiger partial charge < -0.3 is 25.5 Å². The highest BCUT2D eigenvalue weighted by molar-refractivity contribution is 8.11. The standard InChI is InChI=1S/C17H23F3N6O4S/c1-4-29-15(28)13(22-2)10-26(21)31-16(25-23-3)24-14(27)9-11-6-5-7-12(8-11)30-17(18,19)20/h5-8,10,22-23H,4,9,21H2,1-3H3,(H,24,25,27)/p+1. The minimum absolute atomic E-state index is 0.0354. The third-order valence-electron chi connectivity index (χ3n) is 3.24. The fourth-order valence-electron chi connectivity index (χ4n) is 2.10. The molecule has 10 nitrogen and oxygen atoms in total. The normalized spacial score (nSPS) is 12.2. The number of esters is 1. The number of amidine groups is 1. The summed E-state index contributed by atoms with van der Waals surface area (Å²) < 4.78 is 46.8. The zero-order chi connectivity index (χ0) is 23.4. The summed E-state index contributed by atoms with van der Waals surface area (Å²) in [6, 6.07) is 5.05. The zero-order valence-electron chi connectivity index (χ0n) is 17.0. The van der Waals surface area contributed by atoms with Crippen molar-refractivity contribution >= 4 is 29.0 Å². The van der Waals surface area contributed by atoms with E-state index in [9.17, 15) is 22.8 Å². The lowest BCUT2D eigenvalue weighted by Crippen LogP contribution is -2.79. The number of likely N-dealkylation sites (N-methyl/N-ethyl adjacent to an activating group) is 1. The molecule has 0 heterocycles. The molecule has 0 aliphatic rings. The lowest BCUT2D eigenvalue weighted by atomic mass is 10.1. The number of nitrogens with one attached hydrogen (secondary N) is 2. The monoisotopic (exact) mass is 465 g/mol. The highest BCUT2D eigenvalue weighted by atomic mass is 32.2. The molecule has 1 rings (SSSR count). The van der Waals surface area contributed by atoms with Gasteiger partial charge in [-0.05, 0) is 24.6 Å². The van der Waals surface area contributed by atoms with E-state index >= 15 is 0 Å².